The normalized spacial score (nSPS) is 23.4. The van der Waals surface area contributed by atoms with E-state index < -0.39 is 49.5 Å². The van der Waals surface area contributed by atoms with Crippen molar-refractivity contribution in [1.82, 2.24) is 8.61 Å². The Labute approximate surface area is 142 Å². The van der Waals surface area contributed by atoms with Gasteiger partial charge in [0.1, 0.15) is 11.5 Å². The lowest BCUT2D eigenvalue weighted by molar-refractivity contribution is -0.114. The van der Waals surface area contributed by atoms with Crippen LogP contribution in [0.4, 0.5) is 0 Å². The summed E-state index contributed by atoms with van der Waals surface area (Å²) in [6.07, 6.45) is 0.150. The molecule has 0 aliphatic carbocycles. The van der Waals surface area contributed by atoms with Crippen molar-refractivity contribution in [3.05, 3.63) is 0 Å². The van der Waals surface area contributed by atoms with Crippen LogP contribution < -0.4 is 0 Å². The van der Waals surface area contributed by atoms with Gasteiger partial charge < -0.3 is 10.2 Å². The first-order chi connectivity index (χ1) is 11.1. The number of aliphatic hydroxyl groups excluding tert-OH is 2. The van der Waals surface area contributed by atoms with Gasteiger partial charge in [-0.1, -0.05) is 0 Å². The molecule has 2 N–H and O–H groups in total. The second kappa shape index (κ2) is 7.75. The van der Waals surface area contributed by atoms with E-state index in [0.29, 0.717) is 25.7 Å². The standard InChI is InChI=1S/C13H24N2O7S2/c16-11-1-5-14(6-2-11)23(19,20)9-13(18)10-24(21,22)15-7-3-12(17)4-8-15/h11-12,16-17H,1-10H2. The molecule has 2 saturated heterocycles. The summed E-state index contributed by atoms with van der Waals surface area (Å²) in [6.45, 7) is 0.530. The number of sulfonamides is 2. The van der Waals surface area contributed by atoms with Gasteiger partial charge in [-0.05, 0) is 25.7 Å². The molecule has 0 aromatic rings. The average Bonchev–Trinajstić information content (AvgIpc) is 2.46. The molecule has 0 spiro atoms. The van der Waals surface area contributed by atoms with Crippen LogP contribution in [0.5, 0.6) is 0 Å². The molecule has 0 atom stereocenters. The average molecular weight is 384 g/mol. The van der Waals surface area contributed by atoms with Crippen molar-refractivity contribution in [3.63, 3.8) is 0 Å². The van der Waals surface area contributed by atoms with Crippen molar-refractivity contribution < 1.29 is 31.8 Å². The Balaban J connectivity index is 1.92. The number of carbonyl (C=O) groups excluding carboxylic acids is 1. The number of nitrogens with zero attached hydrogens (tertiary/aromatic N) is 2. The third kappa shape index (κ3) is 5.20. The second-order valence-electron chi connectivity index (χ2n) is 6.31. The Kier molecular flexibility index (Phi) is 6.37. The molecule has 24 heavy (non-hydrogen) atoms. The summed E-state index contributed by atoms with van der Waals surface area (Å²) >= 11 is 0. The van der Waals surface area contributed by atoms with Gasteiger partial charge in [0.25, 0.3) is 0 Å². The minimum absolute atomic E-state index is 0.132. The van der Waals surface area contributed by atoms with Crippen LogP contribution >= 0.6 is 0 Å². The summed E-state index contributed by atoms with van der Waals surface area (Å²) in [6, 6.07) is 0. The van der Waals surface area contributed by atoms with Gasteiger partial charge in [-0.15, -0.1) is 0 Å². The van der Waals surface area contributed by atoms with Crippen LogP contribution in [0.1, 0.15) is 25.7 Å². The summed E-state index contributed by atoms with van der Waals surface area (Å²) in [4.78, 5) is 12.0. The smallest absolute Gasteiger partial charge is 0.221 e. The molecule has 2 heterocycles. The third-order valence-electron chi connectivity index (χ3n) is 4.32. The van der Waals surface area contributed by atoms with Gasteiger partial charge in [-0.2, -0.15) is 0 Å². The fourth-order valence-electron chi connectivity index (χ4n) is 2.87. The molecule has 0 bridgehead atoms. The number of aliphatic hydroxyl groups is 2. The molecule has 0 radical (unpaired) electrons. The molecular weight excluding hydrogens is 360 g/mol. The minimum Gasteiger partial charge on any atom is -0.393 e. The Bertz CT molecular complexity index is 590. The summed E-state index contributed by atoms with van der Waals surface area (Å²) < 4.78 is 51.0. The van der Waals surface area contributed by atoms with Crippen molar-refractivity contribution in [1.29, 1.82) is 0 Å². The second-order valence-corrected chi connectivity index (χ2v) is 10.2. The minimum atomic E-state index is -3.87. The zero-order chi connectivity index (χ0) is 18.0. The highest BCUT2D eigenvalue weighted by atomic mass is 32.2. The van der Waals surface area contributed by atoms with Gasteiger partial charge in [0, 0.05) is 26.2 Å². The summed E-state index contributed by atoms with van der Waals surface area (Å²) in [5.41, 5.74) is 0. The first-order valence-electron chi connectivity index (χ1n) is 7.93. The zero-order valence-corrected chi connectivity index (χ0v) is 15.0. The van der Waals surface area contributed by atoms with Crippen LogP contribution in [0.15, 0.2) is 0 Å². The monoisotopic (exact) mass is 384 g/mol. The lowest BCUT2D eigenvalue weighted by Crippen LogP contribution is -2.45. The maximum Gasteiger partial charge on any atom is 0.221 e. The van der Waals surface area contributed by atoms with Crippen LogP contribution in [0.3, 0.4) is 0 Å². The maximum absolute atomic E-state index is 12.2. The number of ketones is 1. The Morgan fingerprint density at radius 1 is 0.750 bits per heavy atom. The van der Waals surface area contributed by atoms with E-state index in [0.717, 1.165) is 8.61 Å². The molecule has 0 aromatic carbocycles. The number of hydrogen-bond donors (Lipinski definition) is 2. The van der Waals surface area contributed by atoms with Gasteiger partial charge in [-0.3, -0.25) is 4.79 Å². The van der Waals surface area contributed by atoms with Crippen LogP contribution in [0.25, 0.3) is 0 Å². The fraction of sp³-hybridized carbons (Fsp3) is 0.923. The molecule has 0 unspecified atom stereocenters. The Morgan fingerprint density at radius 3 is 1.33 bits per heavy atom. The van der Waals surface area contributed by atoms with Crippen molar-refractivity contribution in [3.8, 4) is 0 Å². The Hall–Kier alpha value is -0.590. The van der Waals surface area contributed by atoms with Crippen LogP contribution in [-0.2, 0) is 24.8 Å². The van der Waals surface area contributed by atoms with Gasteiger partial charge >= 0.3 is 0 Å². The quantitative estimate of drug-likeness (QED) is 0.548. The van der Waals surface area contributed by atoms with E-state index in [1.54, 1.807) is 0 Å². The van der Waals surface area contributed by atoms with E-state index in [1.165, 1.54) is 0 Å². The molecular formula is C13H24N2O7S2. The first-order valence-corrected chi connectivity index (χ1v) is 11.2. The number of hydrogen-bond acceptors (Lipinski definition) is 7. The first kappa shape index (κ1) is 19.7. The van der Waals surface area contributed by atoms with E-state index in [-0.39, 0.29) is 26.2 Å². The van der Waals surface area contributed by atoms with Crippen LogP contribution in [0.2, 0.25) is 0 Å². The zero-order valence-electron chi connectivity index (χ0n) is 13.4. The summed E-state index contributed by atoms with van der Waals surface area (Å²) in [7, 11) is -7.74. The number of piperidine rings is 2. The number of carbonyl (C=O) groups is 1. The molecule has 0 amide bonds. The van der Waals surface area contributed by atoms with E-state index >= 15 is 0 Å². The topological polar surface area (TPSA) is 132 Å². The van der Waals surface area contributed by atoms with Gasteiger partial charge in [0.05, 0.1) is 12.2 Å². The fourth-order valence-corrected chi connectivity index (χ4v) is 5.92. The summed E-state index contributed by atoms with van der Waals surface area (Å²) in [5.74, 6) is -2.57. The van der Waals surface area contributed by atoms with Gasteiger partial charge in [0.15, 0.2) is 5.78 Å². The maximum atomic E-state index is 12.2. The molecule has 9 nitrogen and oxygen atoms in total. The highest BCUT2D eigenvalue weighted by Crippen LogP contribution is 2.16. The van der Waals surface area contributed by atoms with E-state index in [1.807, 2.05) is 0 Å². The number of rotatable bonds is 6. The molecule has 140 valence electrons. The van der Waals surface area contributed by atoms with E-state index in [4.69, 9.17) is 0 Å². The van der Waals surface area contributed by atoms with E-state index in [9.17, 15) is 31.8 Å². The van der Waals surface area contributed by atoms with Gasteiger partial charge in [0.2, 0.25) is 20.0 Å². The van der Waals surface area contributed by atoms with Crippen molar-refractivity contribution in [2.45, 2.75) is 37.9 Å². The van der Waals surface area contributed by atoms with Crippen LogP contribution in [0, 0.1) is 0 Å². The molecule has 2 aliphatic rings. The summed E-state index contributed by atoms with van der Waals surface area (Å²) in [5, 5.41) is 18.8. The van der Waals surface area contributed by atoms with Crippen molar-refractivity contribution in [2.75, 3.05) is 37.7 Å². The van der Waals surface area contributed by atoms with Crippen molar-refractivity contribution in [2.24, 2.45) is 0 Å². The highest BCUT2D eigenvalue weighted by molar-refractivity contribution is 7.91. The SMILES string of the molecule is O=C(CS(=O)(=O)N1CCC(O)CC1)CS(=O)(=O)N1CCC(O)CC1. The van der Waals surface area contributed by atoms with Crippen molar-refractivity contribution >= 4 is 25.8 Å². The predicted molar refractivity (Wildman–Crippen MR) is 86.2 cm³/mol. The molecule has 0 saturated carbocycles. The van der Waals surface area contributed by atoms with Gasteiger partial charge in [-0.25, -0.2) is 25.4 Å². The lowest BCUT2D eigenvalue weighted by atomic mass is 10.1. The molecule has 2 fully saturated rings. The van der Waals surface area contributed by atoms with E-state index in [2.05, 4.69) is 0 Å². The lowest BCUT2D eigenvalue weighted by Gasteiger charge is -2.29. The molecule has 2 aliphatic heterocycles. The molecule has 0 aromatic heterocycles. The molecule has 2 rings (SSSR count). The largest absolute Gasteiger partial charge is 0.393 e. The van der Waals surface area contributed by atoms with Crippen LogP contribution in [-0.4, -0.2) is 91.3 Å². The molecule has 11 heteroatoms. The third-order valence-corrected chi connectivity index (χ3v) is 8.00. The Morgan fingerprint density at radius 2 is 1.04 bits per heavy atom. The number of Topliss-reactive ketones (excluding diaryl/α,β-unsaturated/α-hetero) is 1. The predicted octanol–water partition coefficient (Wildman–Crippen LogP) is -1.87. The highest BCUT2D eigenvalue weighted by Gasteiger charge is 2.33.